The first kappa shape index (κ1) is 22.2. The van der Waals surface area contributed by atoms with Crippen molar-refractivity contribution in [1.82, 2.24) is 19.6 Å². The third-order valence-corrected chi connectivity index (χ3v) is 5.26. The van der Waals surface area contributed by atoms with E-state index in [1.165, 1.54) is 0 Å². The van der Waals surface area contributed by atoms with E-state index in [0.29, 0.717) is 12.3 Å². The van der Waals surface area contributed by atoms with Gasteiger partial charge in [0.05, 0.1) is 18.6 Å². The molecule has 14 heteroatoms. The van der Waals surface area contributed by atoms with Crippen molar-refractivity contribution >= 4 is 22.1 Å². The fraction of sp³-hybridized carbons (Fsp3) is 0.714. The van der Waals surface area contributed by atoms with Gasteiger partial charge in [0.2, 0.25) is 11.8 Å². The first-order chi connectivity index (χ1) is 13.0. The monoisotopic (exact) mass is 420 g/mol. The fourth-order valence-corrected chi connectivity index (χ4v) is 3.74. The first-order valence-electron chi connectivity index (χ1n) is 8.56. The maximum absolute atomic E-state index is 12.2. The quantitative estimate of drug-likeness (QED) is 0.219. The van der Waals surface area contributed by atoms with Gasteiger partial charge < -0.3 is 26.2 Å². The second-order valence-corrected chi connectivity index (χ2v) is 8.27. The molecule has 13 nitrogen and oxygen atoms in total. The molecule has 0 bridgehead atoms. The van der Waals surface area contributed by atoms with Crippen LogP contribution in [0, 0.1) is 5.92 Å². The summed E-state index contributed by atoms with van der Waals surface area (Å²) in [6.45, 7) is 1.10. The summed E-state index contributed by atoms with van der Waals surface area (Å²) >= 11 is 0. The maximum atomic E-state index is 12.2. The predicted octanol–water partition coefficient (Wildman–Crippen LogP) is -1.96. The van der Waals surface area contributed by atoms with Crippen LogP contribution in [0.15, 0.2) is 4.52 Å². The van der Waals surface area contributed by atoms with E-state index < -0.39 is 52.7 Å². The molecule has 2 rings (SSSR count). The lowest BCUT2D eigenvalue weighted by atomic mass is 10.1. The number of hydrogen-bond donors (Lipinski definition) is 6. The molecule has 0 spiro atoms. The minimum Gasteiger partial charge on any atom is -0.480 e. The van der Waals surface area contributed by atoms with Gasteiger partial charge in [-0.3, -0.25) is 9.59 Å². The van der Waals surface area contributed by atoms with Crippen LogP contribution in [-0.4, -0.2) is 52.8 Å². The summed E-state index contributed by atoms with van der Waals surface area (Å²) in [5, 5.41) is 22.1. The predicted molar refractivity (Wildman–Crippen MR) is 93.4 cm³/mol. The molecule has 1 aliphatic rings. The van der Waals surface area contributed by atoms with Gasteiger partial charge in [-0.15, -0.1) is 0 Å². The van der Waals surface area contributed by atoms with E-state index in [1.54, 1.807) is 4.72 Å². The third kappa shape index (κ3) is 6.49. The minimum absolute atomic E-state index is 0.163. The number of hydrogen-bond acceptors (Lipinski definition) is 9. The van der Waals surface area contributed by atoms with Gasteiger partial charge in [0, 0.05) is 0 Å². The summed E-state index contributed by atoms with van der Waals surface area (Å²) in [5.74, 6) is -2.03. The van der Waals surface area contributed by atoms with E-state index >= 15 is 0 Å². The number of carbonyl (C=O) groups is 2. The number of carboxylic acid groups (broad SMARTS) is 1. The zero-order valence-electron chi connectivity index (χ0n) is 15.1. The lowest BCUT2D eigenvalue weighted by Crippen LogP contribution is -2.52. The number of carbonyl (C=O) groups excluding carboxylic acids is 1. The van der Waals surface area contributed by atoms with Gasteiger partial charge in [-0.2, -0.15) is 22.8 Å². The lowest BCUT2D eigenvalue weighted by molar-refractivity contribution is -0.141. The first-order valence-corrected chi connectivity index (χ1v) is 10.0. The van der Waals surface area contributed by atoms with Crippen molar-refractivity contribution in [1.29, 1.82) is 0 Å². The van der Waals surface area contributed by atoms with Gasteiger partial charge in [-0.05, 0) is 19.3 Å². The van der Waals surface area contributed by atoms with Gasteiger partial charge in [-0.25, -0.2) is 0 Å². The van der Waals surface area contributed by atoms with Gasteiger partial charge in [0.25, 0.3) is 10.2 Å². The maximum Gasteiger partial charge on any atom is 0.324 e. The molecule has 158 valence electrons. The molecule has 28 heavy (non-hydrogen) atoms. The van der Waals surface area contributed by atoms with Crippen molar-refractivity contribution in [2.75, 3.05) is 0 Å². The molecule has 1 heterocycles. The molecule has 0 saturated heterocycles. The van der Waals surface area contributed by atoms with Crippen LogP contribution in [0.25, 0.3) is 0 Å². The van der Waals surface area contributed by atoms with Gasteiger partial charge in [0.1, 0.15) is 12.1 Å². The van der Waals surface area contributed by atoms with Gasteiger partial charge in [-0.1, -0.05) is 18.0 Å². The third-order valence-electron chi connectivity index (χ3n) is 4.10. The van der Waals surface area contributed by atoms with E-state index in [1.807, 2.05) is 4.72 Å². The molecule has 1 aliphatic carbocycles. The Morgan fingerprint density at radius 1 is 1.36 bits per heavy atom. The van der Waals surface area contributed by atoms with E-state index in [2.05, 4.69) is 10.1 Å². The van der Waals surface area contributed by atoms with E-state index in [9.17, 15) is 23.1 Å². The Balaban J connectivity index is 2.15. The lowest BCUT2D eigenvalue weighted by Gasteiger charge is -2.19. The molecule has 1 aromatic rings. The molecule has 1 aromatic heterocycles. The van der Waals surface area contributed by atoms with Crippen LogP contribution in [0.1, 0.15) is 56.4 Å². The Morgan fingerprint density at radius 2 is 2.00 bits per heavy atom. The number of amides is 1. The molecule has 1 amide bonds. The van der Waals surface area contributed by atoms with Gasteiger partial charge >= 0.3 is 5.97 Å². The van der Waals surface area contributed by atoms with Gasteiger partial charge in [0.15, 0.2) is 5.82 Å². The Kier molecular flexibility index (Phi) is 7.06. The second kappa shape index (κ2) is 8.91. The number of nitrogens with one attached hydrogen (secondary N) is 2. The summed E-state index contributed by atoms with van der Waals surface area (Å²) < 4.78 is 33.3. The van der Waals surface area contributed by atoms with Crippen molar-refractivity contribution in [2.24, 2.45) is 17.4 Å². The molecular formula is C14H24N6O7S. The summed E-state index contributed by atoms with van der Waals surface area (Å²) in [6, 6.07) is -3.65. The number of aliphatic hydroxyl groups is 1. The van der Waals surface area contributed by atoms with Crippen LogP contribution in [0.3, 0.4) is 0 Å². The number of rotatable bonds is 12. The standard InChI is InChI=1S/C14H24N6O7S/c1-6(21)11(14(23)24)20-28(25,26)19-9(5-10(16)22)13-17-12(18-27-13)8(15)4-7-2-3-7/h6-9,11,19-21H,2-5,15H2,1H3,(H2,16,22)(H,23,24)/t6?,8-,9+,11+/m1/s1. The Hall–Kier alpha value is -2.13. The van der Waals surface area contributed by atoms with E-state index in [4.69, 9.17) is 21.1 Å². The zero-order valence-corrected chi connectivity index (χ0v) is 15.9. The highest BCUT2D eigenvalue weighted by Crippen LogP contribution is 2.36. The number of primary amides is 1. The number of aliphatic carboxylic acids is 1. The Morgan fingerprint density at radius 3 is 2.50 bits per heavy atom. The molecule has 0 radical (unpaired) electrons. The average Bonchev–Trinajstić information content (AvgIpc) is 3.22. The molecule has 1 fully saturated rings. The average molecular weight is 420 g/mol. The van der Waals surface area contributed by atoms with Crippen molar-refractivity contribution in [3.05, 3.63) is 11.7 Å². The SMILES string of the molecule is CC(O)[C@H](NS(=O)(=O)N[C@@H](CC(N)=O)c1nc([C@H](N)CC2CC2)no1)C(=O)O. The summed E-state index contributed by atoms with van der Waals surface area (Å²) in [5.41, 5.74) is 11.1. The number of aliphatic hydroxyl groups excluding tert-OH is 1. The largest absolute Gasteiger partial charge is 0.480 e. The second-order valence-electron chi connectivity index (χ2n) is 6.80. The molecule has 0 aliphatic heterocycles. The van der Waals surface area contributed by atoms with Crippen molar-refractivity contribution in [3.8, 4) is 0 Å². The van der Waals surface area contributed by atoms with Crippen LogP contribution in [-0.2, 0) is 19.8 Å². The minimum atomic E-state index is -4.49. The Labute approximate surface area is 161 Å². The van der Waals surface area contributed by atoms with Crippen LogP contribution < -0.4 is 20.9 Å². The van der Waals surface area contributed by atoms with Crippen molar-refractivity contribution < 1.29 is 32.7 Å². The highest BCUT2D eigenvalue weighted by atomic mass is 32.2. The number of nitrogens with two attached hydrogens (primary N) is 2. The molecular weight excluding hydrogens is 396 g/mol. The normalized spacial score (nSPS) is 19.0. The molecule has 1 unspecified atom stereocenters. The topological polar surface area (TPSA) is 224 Å². The van der Waals surface area contributed by atoms with Crippen LogP contribution >= 0.6 is 0 Å². The highest BCUT2D eigenvalue weighted by molar-refractivity contribution is 7.87. The fourth-order valence-electron chi connectivity index (χ4n) is 2.48. The summed E-state index contributed by atoms with van der Waals surface area (Å²) in [6.07, 6.45) is 0.762. The van der Waals surface area contributed by atoms with Crippen molar-refractivity contribution in [3.63, 3.8) is 0 Å². The molecule has 8 N–H and O–H groups in total. The zero-order chi connectivity index (χ0) is 21.1. The smallest absolute Gasteiger partial charge is 0.324 e. The number of carboxylic acids is 1. The van der Waals surface area contributed by atoms with Crippen LogP contribution in [0.2, 0.25) is 0 Å². The van der Waals surface area contributed by atoms with Crippen molar-refractivity contribution in [2.45, 2.75) is 56.8 Å². The van der Waals surface area contributed by atoms with E-state index in [0.717, 1.165) is 19.8 Å². The Bertz CT molecular complexity index is 807. The summed E-state index contributed by atoms with van der Waals surface area (Å²) in [7, 11) is -4.49. The van der Waals surface area contributed by atoms with Crippen LogP contribution in [0.4, 0.5) is 0 Å². The molecule has 4 atom stereocenters. The number of nitrogens with zero attached hydrogens (tertiary/aromatic N) is 2. The highest BCUT2D eigenvalue weighted by Gasteiger charge is 2.33. The van der Waals surface area contributed by atoms with Crippen LogP contribution in [0.5, 0.6) is 0 Å². The molecule has 1 saturated carbocycles. The van der Waals surface area contributed by atoms with E-state index in [-0.39, 0.29) is 11.7 Å². The number of aromatic nitrogens is 2. The molecule has 0 aromatic carbocycles. The summed E-state index contributed by atoms with van der Waals surface area (Å²) in [4.78, 5) is 26.4.